The van der Waals surface area contributed by atoms with Gasteiger partial charge in [-0.1, -0.05) is 12.1 Å². The van der Waals surface area contributed by atoms with Gasteiger partial charge in [-0.05, 0) is 43.6 Å². The van der Waals surface area contributed by atoms with Crippen molar-refractivity contribution in [3.63, 3.8) is 0 Å². The van der Waals surface area contributed by atoms with E-state index in [0.717, 1.165) is 57.6 Å². The lowest BCUT2D eigenvalue weighted by Gasteiger charge is -2.35. The summed E-state index contributed by atoms with van der Waals surface area (Å²) in [5, 5.41) is 7.05. The van der Waals surface area contributed by atoms with Crippen molar-refractivity contribution >= 4 is 29.9 Å². The molecule has 7 nitrogen and oxygen atoms in total. The Morgan fingerprint density at radius 3 is 2.52 bits per heavy atom. The molecule has 2 atom stereocenters. The second-order valence-electron chi connectivity index (χ2n) is 7.69. The van der Waals surface area contributed by atoms with Crippen molar-refractivity contribution in [3.8, 4) is 5.75 Å². The van der Waals surface area contributed by atoms with E-state index < -0.39 is 0 Å². The third-order valence-corrected chi connectivity index (χ3v) is 5.72. The molecule has 1 aromatic carbocycles. The second kappa shape index (κ2) is 12.6. The molecule has 0 saturated carbocycles. The number of guanidine groups is 1. The number of ether oxygens (including phenoxy) is 2. The number of morpholine rings is 1. The molecular formula is C21H36IN5O2. The Labute approximate surface area is 192 Å². The quantitative estimate of drug-likeness (QED) is 0.327. The van der Waals surface area contributed by atoms with Crippen molar-refractivity contribution in [2.45, 2.75) is 12.5 Å². The lowest BCUT2D eigenvalue weighted by Crippen LogP contribution is -2.47. The monoisotopic (exact) mass is 517 g/mol. The van der Waals surface area contributed by atoms with E-state index in [1.165, 1.54) is 18.5 Å². The summed E-state index contributed by atoms with van der Waals surface area (Å²) < 4.78 is 10.9. The van der Waals surface area contributed by atoms with E-state index in [4.69, 9.17) is 9.47 Å². The molecule has 0 aromatic heterocycles. The number of benzene rings is 1. The fraction of sp³-hybridized carbons (Fsp3) is 0.667. The summed E-state index contributed by atoms with van der Waals surface area (Å²) in [5.41, 5.74) is 1.28. The summed E-state index contributed by atoms with van der Waals surface area (Å²) in [7, 11) is 5.73. The normalized spacial score (nSPS) is 22.0. The van der Waals surface area contributed by atoms with Crippen LogP contribution in [-0.2, 0) is 4.74 Å². The van der Waals surface area contributed by atoms with Crippen molar-refractivity contribution in [1.29, 1.82) is 0 Å². The molecule has 2 aliphatic rings. The van der Waals surface area contributed by atoms with Gasteiger partial charge in [0.25, 0.3) is 0 Å². The number of likely N-dealkylation sites (tertiary alicyclic amines) is 1. The summed E-state index contributed by atoms with van der Waals surface area (Å²) in [4.78, 5) is 9.30. The van der Waals surface area contributed by atoms with Gasteiger partial charge in [0, 0.05) is 39.8 Å². The fourth-order valence-electron chi connectivity index (χ4n) is 4.02. The Balaban J connectivity index is 0.00000300. The number of halogens is 1. The van der Waals surface area contributed by atoms with E-state index in [0.29, 0.717) is 5.92 Å². The lowest BCUT2D eigenvalue weighted by atomic mass is 10.0. The standard InChI is InChI=1S/C21H35N5O2.HI/c1-22-21(23-14-17-8-9-25(2)16-17)24-15-20(26-10-12-28-13-11-26)18-4-6-19(27-3)7-5-18;/h4-7,17,20H,8-16H2,1-3H3,(H2,22,23,24);1H. The van der Waals surface area contributed by atoms with Crippen LogP contribution in [0.4, 0.5) is 0 Å². The van der Waals surface area contributed by atoms with Crippen LogP contribution in [0.1, 0.15) is 18.0 Å². The van der Waals surface area contributed by atoms with Gasteiger partial charge in [-0.15, -0.1) is 24.0 Å². The van der Waals surface area contributed by atoms with Crippen LogP contribution in [0.15, 0.2) is 29.3 Å². The average molecular weight is 517 g/mol. The maximum Gasteiger partial charge on any atom is 0.191 e. The second-order valence-corrected chi connectivity index (χ2v) is 7.69. The summed E-state index contributed by atoms with van der Waals surface area (Å²) in [5.74, 6) is 2.46. The molecule has 0 aliphatic carbocycles. The molecule has 2 fully saturated rings. The highest BCUT2D eigenvalue weighted by atomic mass is 127. The first-order chi connectivity index (χ1) is 13.7. The molecular weight excluding hydrogens is 481 g/mol. The number of hydrogen-bond acceptors (Lipinski definition) is 5. The van der Waals surface area contributed by atoms with Gasteiger partial charge in [0.05, 0.1) is 26.4 Å². The third kappa shape index (κ3) is 7.27. The van der Waals surface area contributed by atoms with E-state index in [2.05, 4.69) is 44.6 Å². The minimum Gasteiger partial charge on any atom is -0.497 e. The number of aliphatic imine (C=N–C) groups is 1. The number of methoxy groups -OCH3 is 1. The van der Waals surface area contributed by atoms with Gasteiger partial charge in [0.1, 0.15) is 5.75 Å². The maximum atomic E-state index is 5.55. The molecule has 29 heavy (non-hydrogen) atoms. The molecule has 0 radical (unpaired) electrons. The lowest BCUT2D eigenvalue weighted by molar-refractivity contribution is 0.0170. The molecule has 0 amide bonds. The summed E-state index contributed by atoms with van der Waals surface area (Å²) >= 11 is 0. The predicted octanol–water partition coefficient (Wildman–Crippen LogP) is 1.80. The van der Waals surface area contributed by atoms with Crippen LogP contribution in [0.3, 0.4) is 0 Å². The minimum absolute atomic E-state index is 0. The number of nitrogens with zero attached hydrogens (tertiary/aromatic N) is 3. The Bertz CT molecular complexity index is 622. The molecule has 2 saturated heterocycles. The highest BCUT2D eigenvalue weighted by Gasteiger charge is 2.23. The van der Waals surface area contributed by atoms with Crippen molar-refractivity contribution in [2.75, 3.05) is 73.7 Å². The first-order valence-electron chi connectivity index (χ1n) is 10.3. The van der Waals surface area contributed by atoms with Crippen LogP contribution in [0.5, 0.6) is 5.75 Å². The topological polar surface area (TPSA) is 61.4 Å². The Kier molecular flexibility index (Phi) is 10.5. The van der Waals surface area contributed by atoms with Gasteiger partial charge in [-0.25, -0.2) is 0 Å². The fourth-order valence-corrected chi connectivity index (χ4v) is 4.02. The zero-order chi connectivity index (χ0) is 19.8. The van der Waals surface area contributed by atoms with Gasteiger partial charge in [0.2, 0.25) is 0 Å². The van der Waals surface area contributed by atoms with Crippen molar-refractivity contribution < 1.29 is 9.47 Å². The number of rotatable bonds is 7. The smallest absolute Gasteiger partial charge is 0.191 e. The SMILES string of the molecule is CN=C(NCC1CCN(C)C1)NCC(c1ccc(OC)cc1)N1CCOCC1.I. The predicted molar refractivity (Wildman–Crippen MR) is 129 cm³/mol. The molecule has 0 spiro atoms. The number of hydrogen-bond donors (Lipinski definition) is 2. The molecule has 2 N–H and O–H groups in total. The van der Waals surface area contributed by atoms with Crippen LogP contribution in [0.25, 0.3) is 0 Å². The van der Waals surface area contributed by atoms with E-state index in [1.807, 2.05) is 19.2 Å². The molecule has 2 unspecified atom stereocenters. The van der Waals surface area contributed by atoms with Crippen molar-refractivity contribution in [3.05, 3.63) is 29.8 Å². The van der Waals surface area contributed by atoms with Crippen LogP contribution in [0.2, 0.25) is 0 Å². The van der Waals surface area contributed by atoms with E-state index in [1.54, 1.807) is 7.11 Å². The highest BCUT2D eigenvalue weighted by Crippen LogP contribution is 2.23. The maximum absolute atomic E-state index is 5.55. The minimum atomic E-state index is 0. The number of nitrogens with one attached hydrogen (secondary N) is 2. The van der Waals surface area contributed by atoms with Gasteiger partial charge in [0.15, 0.2) is 5.96 Å². The molecule has 8 heteroatoms. The first kappa shape index (κ1) is 24.2. The van der Waals surface area contributed by atoms with Crippen molar-refractivity contribution in [1.82, 2.24) is 20.4 Å². The molecule has 1 aromatic rings. The molecule has 3 rings (SSSR count). The molecule has 0 bridgehead atoms. The molecule has 2 aliphatic heterocycles. The van der Waals surface area contributed by atoms with Crippen LogP contribution in [-0.4, -0.2) is 89.4 Å². The Morgan fingerprint density at radius 2 is 1.93 bits per heavy atom. The molecule has 2 heterocycles. The van der Waals surface area contributed by atoms with Crippen LogP contribution < -0.4 is 15.4 Å². The Morgan fingerprint density at radius 1 is 1.21 bits per heavy atom. The largest absolute Gasteiger partial charge is 0.497 e. The van der Waals surface area contributed by atoms with Gasteiger partial charge in [-0.3, -0.25) is 9.89 Å². The summed E-state index contributed by atoms with van der Waals surface area (Å²) in [6.45, 7) is 7.58. The zero-order valence-electron chi connectivity index (χ0n) is 17.9. The third-order valence-electron chi connectivity index (χ3n) is 5.72. The van der Waals surface area contributed by atoms with E-state index in [9.17, 15) is 0 Å². The average Bonchev–Trinajstić information content (AvgIpc) is 3.16. The van der Waals surface area contributed by atoms with Gasteiger partial charge < -0.3 is 25.0 Å². The first-order valence-corrected chi connectivity index (χ1v) is 10.3. The van der Waals surface area contributed by atoms with E-state index in [-0.39, 0.29) is 30.0 Å². The summed E-state index contributed by atoms with van der Waals surface area (Å²) in [6.07, 6.45) is 1.25. The van der Waals surface area contributed by atoms with Gasteiger partial charge in [-0.2, -0.15) is 0 Å². The zero-order valence-corrected chi connectivity index (χ0v) is 20.2. The Hall–Kier alpha value is -1.10. The van der Waals surface area contributed by atoms with Crippen molar-refractivity contribution in [2.24, 2.45) is 10.9 Å². The van der Waals surface area contributed by atoms with Crippen LogP contribution >= 0.6 is 24.0 Å². The highest BCUT2D eigenvalue weighted by molar-refractivity contribution is 14.0. The van der Waals surface area contributed by atoms with Crippen LogP contribution in [0, 0.1) is 5.92 Å². The van der Waals surface area contributed by atoms with Gasteiger partial charge >= 0.3 is 0 Å². The summed E-state index contributed by atoms with van der Waals surface area (Å²) in [6, 6.07) is 8.65. The molecule has 164 valence electrons. The van der Waals surface area contributed by atoms with E-state index >= 15 is 0 Å².